The summed E-state index contributed by atoms with van der Waals surface area (Å²) in [5.74, 6) is 0. The van der Waals surface area contributed by atoms with Crippen molar-refractivity contribution in [3.63, 3.8) is 0 Å². The highest BCUT2D eigenvalue weighted by molar-refractivity contribution is 7.71. The Morgan fingerprint density at radius 1 is 1.47 bits per heavy atom. The molecule has 0 spiro atoms. The highest BCUT2D eigenvalue weighted by atomic mass is 32.1. The fourth-order valence-electron chi connectivity index (χ4n) is 1.68. The van der Waals surface area contributed by atoms with Gasteiger partial charge in [0.1, 0.15) is 4.70 Å². The molecule has 0 saturated carbocycles. The van der Waals surface area contributed by atoms with E-state index >= 15 is 0 Å². The highest BCUT2D eigenvalue weighted by Gasteiger charge is 2.07. The second kappa shape index (κ2) is 3.97. The van der Waals surface area contributed by atoms with E-state index in [4.69, 9.17) is 16.6 Å². The molecule has 0 aliphatic rings. The maximum atomic E-state index is 12.2. The van der Waals surface area contributed by atoms with Gasteiger partial charge in [-0.1, -0.05) is 0 Å². The summed E-state index contributed by atoms with van der Waals surface area (Å²) in [6.07, 6.45) is 3.19. The van der Waals surface area contributed by atoms with Crippen molar-refractivity contribution >= 4 is 33.8 Å². The van der Waals surface area contributed by atoms with Crippen molar-refractivity contribution in [3.8, 4) is 0 Å². The lowest BCUT2D eigenvalue weighted by atomic mass is 10.3. The summed E-state index contributed by atoms with van der Waals surface area (Å²) in [6.45, 7) is 0.429. The van der Waals surface area contributed by atoms with Gasteiger partial charge >= 0.3 is 0 Å². The van der Waals surface area contributed by atoms with E-state index in [1.165, 1.54) is 11.3 Å². The monoisotopic (exact) mass is 264 g/mol. The first kappa shape index (κ1) is 10.5. The van der Waals surface area contributed by atoms with E-state index in [-0.39, 0.29) is 5.56 Å². The molecule has 3 heterocycles. The predicted octanol–water partition coefficient (Wildman–Crippen LogP) is 2.76. The van der Waals surface area contributed by atoms with Crippen LogP contribution in [-0.4, -0.2) is 9.55 Å². The molecule has 3 rings (SSSR count). The van der Waals surface area contributed by atoms with Crippen LogP contribution in [0.3, 0.4) is 0 Å². The molecule has 1 N–H and O–H groups in total. The zero-order chi connectivity index (χ0) is 11.8. The Labute approximate surface area is 105 Å². The maximum absolute atomic E-state index is 12.2. The predicted molar refractivity (Wildman–Crippen MR) is 69.1 cm³/mol. The molecule has 0 unspecified atom stereocenters. The van der Waals surface area contributed by atoms with Gasteiger partial charge in [0.25, 0.3) is 5.56 Å². The van der Waals surface area contributed by atoms with E-state index in [1.807, 2.05) is 17.5 Å². The first-order chi connectivity index (χ1) is 8.25. The fraction of sp³-hybridized carbons (Fsp3) is 0.0909. The quantitative estimate of drug-likeness (QED) is 0.724. The average Bonchev–Trinajstić information content (AvgIpc) is 2.94. The average molecular weight is 264 g/mol. The second-order valence-electron chi connectivity index (χ2n) is 3.62. The normalized spacial score (nSPS) is 11.1. The van der Waals surface area contributed by atoms with Crippen molar-refractivity contribution in [2.75, 3.05) is 0 Å². The van der Waals surface area contributed by atoms with Crippen molar-refractivity contribution in [2.45, 2.75) is 6.54 Å². The third-order valence-corrected chi connectivity index (χ3v) is 3.74. The van der Waals surface area contributed by atoms with Crippen molar-refractivity contribution in [1.29, 1.82) is 0 Å². The molecule has 0 aliphatic heterocycles. The summed E-state index contributed by atoms with van der Waals surface area (Å²) in [7, 11) is 0. The minimum atomic E-state index is -0.0556. The van der Waals surface area contributed by atoms with Gasteiger partial charge < -0.3 is 9.40 Å². The summed E-state index contributed by atoms with van der Waals surface area (Å²) in [5, 5.41) is 1.87. The number of rotatable bonds is 2. The van der Waals surface area contributed by atoms with Crippen molar-refractivity contribution < 1.29 is 4.42 Å². The van der Waals surface area contributed by atoms with Gasteiger partial charge in [0.05, 0.1) is 24.6 Å². The molecule has 3 aromatic heterocycles. The summed E-state index contributed by atoms with van der Waals surface area (Å²) < 4.78 is 7.65. The van der Waals surface area contributed by atoms with Crippen LogP contribution in [0.4, 0.5) is 0 Å². The van der Waals surface area contributed by atoms with Crippen LogP contribution in [0.15, 0.2) is 39.3 Å². The number of nitrogens with one attached hydrogen (secondary N) is 1. The molecule has 86 valence electrons. The van der Waals surface area contributed by atoms with Crippen LogP contribution >= 0.6 is 23.6 Å². The minimum Gasteiger partial charge on any atom is -0.472 e. The molecule has 3 aromatic rings. The minimum absolute atomic E-state index is 0.0556. The first-order valence-electron chi connectivity index (χ1n) is 4.97. The van der Waals surface area contributed by atoms with Gasteiger partial charge in [0.2, 0.25) is 0 Å². The summed E-state index contributed by atoms with van der Waals surface area (Å²) in [6, 6.07) is 3.68. The summed E-state index contributed by atoms with van der Waals surface area (Å²) in [4.78, 5) is 15.2. The lowest BCUT2D eigenvalue weighted by Gasteiger charge is -2.03. The van der Waals surface area contributed by atoms with Crippen LogP contribution in [-0.2, 0) is 6.54 Å². The smallest absolute Gasteiger partial charge is 0.272 e. The molecule has 4 nitrogen and oxygen atoms in total. The molecule has 0 saturated heterocycles. The summed E-state index contributed by atoms with van der Waals surface area (Å²) >= 11 is 6.60. The number of aromatic amines is 1. The van der Waals surface area contributed by atoms with E-state index in [0.29, 0.717) is 16.0 Å². The highest BCUT2D eigenvalue weighted by Crippen LogP contribution is 2.14. The topological polar surface area (TPSA) is 50.9 Å². The van der Waals surface area contributed by atoms with E-state index in [2.05, 4.69) is 4.98 Å². The van der Waals surface area contributed by atoms with Gasteiger partial charge in [0, 0.05) is 5.56 Å². The Kier molecular flexibility index (Phi) is 2.45. The van der Waals surface area contributed by atoms with Crippen LogP contribution in [0, 0.1) is 4.77 Å². The number of fused-ring (bicyclic) bond motifs is 1. The number of thiophene rings is 1. The van der Waals surface area contributed by atoms with Crippen LogP contribution in [0.2, 0.25) is 0 Å². The Bertz CT molecular complexity index is 765. The van der Waals surface area contributed by atoms with Gasteiger partial charge in [-0.05, 0) is 29.7 Å². The molecule has 0 fully saturated rings. The van der Waals surface area contributed by atoms with Gasteiger partial charge in [0.15, 0.2) is 4.77 Å². The second-order valence-corrected chi connectivity index (χ2v) is 4.92. The Morgan fingerprint density at radius 3 is 3.12 bits per heavy atom. The Morgan fingerprint density at radius 2 is 2.35 bits per heavy atom. The molecule has 0 radical (unpaired) electrons. The van der Waals surface area contributed by atoms with Crippen LogP contribution < -0.4 is 5.56 Å². The van der Waals surface area contributed by atoms with Crippen molar-refractivity contribution in [3.05, 3.63) is 50.7 Å². The largest absolute Gasteiger partial charge is 0.472 e. The van der Waals surface area contributed by atoms with Gasteiger partial charge in [-0.2, -0.15) is 0 Å². The first-order valence-corrected chi connectivity index (χ1v) is 6.26. The van der Waals surface area contributed by atoms with Crippen LogP contribution in [0.1, 0.15) is 5.56 Å². The number of nitrogens with zero attached hydrogens (tertiary/aromatic N) is 1. The lowest BCUT2D eigenvalue weighted by molar-refractivity contribution is 0.561. The van der Waals surface area contributed by atoms with E-state index in [0.717, 1.165) is 11.1 Å². The van der Waals surface area contributed by atoms with Gasteiger partial charge in [-0.25, -0.2) is 0 Å². The molecule has 6 heteroatoms. The van der Waals surface area contributed by atoms with Crippen LogP contribution in [0.25, 0.3) is 10.2 Å². The molecular weight excluding hydrogens is 256 g/mol. The van der Waals surface area contributed by atoms with Gasteiger partial charge in [-0.15, -0.1) is 11.3 Å². The van der Waals surface area contributed by atoms with E-state index in [9.17, 15) is 4.79 Å². The lowest BCUT2D eigenvalue weighted by Crippen LogP contribution is -2.21. The fourth-order valence-corrected chi connectivity index (χ4v) is 2.73. The molecule has 0 aliphatic carbocycles. The molecular formula is C11H8N2O2S2. The van der Waals surface area contributed by atoms with Crippen molar-refractivity contribution in [2.24, 2.45) is 0 Å². The SMILES string of the molecule is O=c1c2sccc2[nH]c(=S)n1Cc1ccoc1. The number of hydrogen-bond acceptors (Lipinski definition) is 4. The maximum Gasteiger partial charge on any atom is 0.272 e. The third kappa shape index (κ3) is 1.75. The molecule has 0 aromatic carbocycles. The summed E-state index contributed by atoms with van der Waals surface area (Å²) in [5.41, 5.74) is 1.66. The number of H-pyrrole nitrogens is 1. The molecule has 0 amide bonds. The Hall–Kier alpha value is -1.66. The van der Waals surface area contributed by atoms with E-state index < -0.39 is 0 Å². The Balaban J connectivity index is 2.22. The third-order valence-electron chi connectivity index (χ3n) is 2.51. The standard InChI is InChI=1S/C11H8N2O2S2/c14-10-9-8(2-4-17-9)12-11(16)13(10)5-7-1-3-15-6-7/h1-4,6H,5H2,(H,12,16). The molecule has 0 bridgehead atoms. The molecule has 0 atom stereocenters. The van der Waals surface area contributed by atoms with E-state index in [1.54, 1.807) is 17.1 Å². The zero-order valence-electron chi connectivity index (χ0n) is 8.67. The van der Waals surface area contributed by atoms with Crippen LogP contribution in [0.5, 0.6) is 0 Å². The van der Waals surface area contributed by atoms with Gasteiger partial charge in [-0.3, -0.25) is 9.36 Å². The molecule has 17 heavy (non-hydrogen) atoms. The number of furan rings is 1. The number of aromatic nitrogens is 2. The zero-order valence-corrected chi connectivity index (χ0v) is 10.3. The number of hydrogen-bond donors (Lipinski definition) is 1. The van der Waals surface area contributed by atoms with Crippen molar-refractivity contribution in [1.82, 2.24) is 9.55 Å².